The maximum atomic E-state index is 11.8. The maximum Gasteiger partial charge on any atom is 0.328 e. The number of hydrogen-bond acceptors (Lipinski definition) is 4. The van der Waals surface area contributed by atoms with Crippen molar-refractivity contribution in [3.05, 3.63) is 0 Å². The molecule has 1 amide bonds. The highest BCUT2D eigenvalue weighted by Gasteiger charge is 2.40. The summed E-state index contributed by atoms with van der Waals surface area (Å²) in [7, 11) is 0. The SMILES string of the molecule is CCOC(=O)[C@@H](NC=O)[C@@H]1CCOC(C2CC2)C1. The highest BCUT2D eigenvalue weighted by molar-refractivity contribution is 5.78. The molecule has 5 heteroatoms. The van der Waals surface area contributed by atoms with E-state index in [1.165, 1.54) is 12.8 Å². The summed E-state index contributed by atoms with van der Waals surface area (Å²) in [6, 6.07) is -0.521. The van der Waals surface area contributed by atoms with Gasteiger partial charge in [0.15, 0.2) is 0 Å². The predicted octanol–water partition coefficient (Wildman–Crippen LogP) is 0.869. The van der Waals surface area contributed by atoms with Crippen molar-refractivity contribution in [2.75, 3.05) is 13.2 Å². The van der Waals surface area contributed by atoms with Crippen molar-refractivity contribution in [2.24, 2.45) is 11.8 Å². The first-order valence-corrected chi connectivity index (χ1v) is 6.74. The third-order valence-electron chi connectivity index (χ3n) is 3.76. The molecule has 18 heavy (non-hydrogen) atoms. The number of nitrogens with one attached hydrogen (secondary N) is 1. The smallest absolute Gasteiger partial charge is 0.328 e. The van der Waals surface area contributed by atoms with E-state index >= 15 is 0 Å². The summed E-state index contributed by atoms with van der Waals surface area (Å²) in [5.41, 5.74) is 0. The number of ether oxygens (including phenoxy) is 2. The van der Waals surface area contributed by atoms with Gasteiger partial charge in [-0.1, -0.05) is 0 Å². The quantitative estimate of drug-likeness (QED) is 0.565. The van der Waals surface area contributed by atoms with E-state index in [0.29, 0.717) is 25.5 Å². The number of carbonyl (C=O) groups excluding carboxylic acids is 2. The van der Waals surface area contributed by atoms with Gasteiger partial charge in [-0.05, 0) is 44.4 Å². The van der Waals surface area contributed by atoms with Crippen LogP contribution in [-0.4, -0.2) is 37.7 Å². The van der Waals surface area contributed by atoms with Crippen molar-refractivity contribution in [1.82, 2.24) is 5.32 Å². The molecule has 2 fully saturated rings. The zero-order chi connectivity index (χ0) is 13.0. The first-order chi connectivity index (χ1) is 8.76. The average Bonchev–Trinajstić information content (AvgIpc) is 3.20. The molecule has 1 heterocycles. The fourth-order valence-corrected chi connectivity index (χ4v) is 2.66. The molecule has 1 saturated heterocycles. The van der Waals surface area contributed by atoms with Crippen LogP contribution in [0.15, 0.2) is 0 Å². The van der Waals surface area contributed by atoms with Gasteiger partial charge < -0.3 is 14.8 Å². The molecule has 0 aromatic heterocycles. The minimum atomic E-state index is -0.521. The molecule has 2 aliphatic rings. The third-order valence-corrected chi connectivity index (χ3v) is 3.76. The zero-order valence-electron chi connectivity index (χ0n) is 10.8. The summed E-state index contributed by atoms with van der Waals surface area (Å²) in [5.74, 6) is 0.464. The van der Waals surface area contributed by atoms with Crippen LogP contribution in [0.25, 0.3) is 0 Å². The van der Waals surface area contributed by atoms with Crippen LogP contribution in [0.1, 0.15) is 32.6 Å². The number of amides is 1. The highest BCUT2D eigenvalue weighted by atomic mass is 16.5. The molecule has 3 atom stereocenters. The lowest BCUT2D eigenvalue weighted by Gasteiger charge is -2.33. The standard InChI is InChI=1S/C13H21NO4/c1-2-17-13(16)12(14-8-15)10-5-6-18-11(7-10)9-3-4-9/h8-12H,2-7H2,1H3,(H,14,15)/t10-,11?,12+/m1/s1. The minimum absolute atomic E-state index is 0.133. The molecule has 1 aliphatic heterocycles. The topological polar surface area (TPSA) is 64.6 Å². The van der Waals surface area contributed by atoms with Gasteiger partial charge in [0.25, 0.3) is 0 Å². The van der Waals surface area contributed by atoms with Crippen molar-refractivity contribution in [3.63, 3.8) is 0 Å². The third kappa shape index (κ3) is 3.22. The van der Waals surface area contributed by atoms with E-state index in [9.17, 15) is 9.59 Å². The van der Waals surface area contributed by atoms with Gasteiger partial charge in [0.05, 0.1) is 12.7 Å². The molecule has 1 saturated carbocycles. The van der Waals surface area contributed by atoms with Crippen LogP contribution in [0.4, 0.5) is 0 Å². The van der Waals surface area contributed by atoms with Gasteiger partial charge in [-0.15, -0.1) is 0 Å². The molecule has 0 radical (unpaired) electrons. The van der Waals surface area contributed by atoms with Gasteiger partial charge in [-0.2, -0.15) is 0 Å². The summed E-state index contributed by atoms with van der Waals surface area (Å²) < 4.78 is 10.8. The number of esters is 1. The normalized spacial score (nSPS) is 29.4. The van der Waals surface area contributed by atoms with Crippen LogP contribution in [0.5, 0.6) is 0 Å². The summed E-state index contributed by atoms with van der Waals surface area (Å²) >= 11 is 0. The lowest BCUT2D eigenvalue weighted by atomic mass is 9.87. The molecule has 0 spiro atoms. The molecule has 2 rings (SSSR count). The van der Waals surface area contributed by atoms with E-state index in [0.717, 1.165) is 12.8 Å². The Morgan fingerprint density at radius 1 is 1.50 bits per heavy atom. The Hall–Kier alpha value is -1.10. The van der Waals surface area contributed by atoms with Crippen LogP contribution in [0, 0.1) is 11.8 Å². The Morgan fingerprint density at radius 3 is 2.89 bits per heavy atom. The largest absolute Gasteiger partial charge is 0.464 e. The molecule has 1 aliphatic carbocycles. The summed E-state index contributed by atoms with van der Waals surface area (Å²) in [4.78, 5) is 22.5. The molecule has 1 unspecified atom stereocenters. The summed E-state index contributed by atoms with van der Waals surface area (Å²) in [6.07, 6.45) is 4.94. The Kier molecular flexibility index (Phi) is 4.58. The van der Waals surface area contributed by atoms with Gasteiger partial charge in [-0.3, -0.25) is 4.79 Å². The Bertz CT molecular complexity index is 303. The molecule has 102 valence electrons. The number of carbonyl (C=O) groups is 2. The molecule has 0 bridgehead atoms. The van der Waals surface area contributed by atoms with Crippen molar-refractivity contribution < 1.29 is 19.1 Å². The average molecular weight is 255 g/mol. The van der Waals surface area contributed by atoms with Crippen molar-refractivity contribution >= 4 is 12.4 Å². The minimum Gasteiger partial charge on any atom is -0.464 e. The zero-order valence-corrected chi connectivity index (χ0v) is 10.8. The fraction of sp³-hybridized carbons (Fsp3) is 0.846. The van der Waals surface area contributed by atoms with Crippen molar-refractivity contribution in [1.29, 1.82) is 0 Å². The monoisotopic (exact) mass is 255 g/mol. The second kappa shape index (κ2) is 6.18. The molecular weight excluding hydrogens is 234 g/mol. The van der Waals surface area contributed by atoms with Gasteiger partial charge in [0.1, 0.15) is 6.04 Å². The van der Waals surface area contributed by atoms with Gasteiger partial charge in [-0.25, -0.2) is 4.79 Å². The van der Waals surface area contributed by atoms with Crippen LogP contribution in [0.3, 0.4) is 0 Å². The first-order valence-electron chi connectivity index (χ1n) is 6.74. The second-order valence-electron chi connectivity index (χ2n) is 5.05. The summed E-state index contributed by atoms with van der Waals surface area (Å²) in [6.45, 7) is 2.78. The molecule has 0 aromatic carbocycles. The molecule has 0 aromatic rings. The maximum absolute atomic E-state index is 11.8. The van der Waals surface area contributed by atoms with Crippen molar-refractivity contribution in [3.8, 4) is 0 Å². The van der Waals surface area contributed by atoms with E-state index in [1.807, 2.05) is 0 Å². The van der Waals surface area contributed by atoms with Crippen LogP contribution in [0.2, 0.25) is 0 Å². The van der Waals surface area contributed by atoms with E-state index in [-0.39, 0.29) is 18.0 Å². The van der Waals surface area contributed by atoms with Crippen molar-refractivity contribution in [2.45, 2.75) is 44.8 Å². The van der Waals surface area contributed by atoms with Gasteiger partial charge in [0.2, 0.25) is 6.41 Å². The van der Waals surface area contributed by atoms with E-state index in [4.69, 9.17) is 9.47 Å². The molecule has 5 nitrogen and oxygen atoms in total. The van der Waals surface area contributed by atoms with E-state index in [2.05, 4.69) is 5.32 Å². The lowest BCUT2D eigenvalue weighted by molar-refractivity contribution is -0.150. The molecular formula is C13H21NO4. The van der Waals surface area contributed by atoms with Gasteiger partial charge >= 0.3 is 5.97 Å². The number of rotatable bonds is 6. The van der Waals surface area contributed by atoms with Crippen LogP contribution in [-0.2, 0) is 19.1 Å². The predicted molar refractivity (Wildman–Crippen MR) is 64.8 cm³/mol. The van der Waals surface area contributed by atoms with Crippen LogP contribution < -0.4 is 5.32 Å². The Labute approximate surface area is 107 Å². The van der Waals surface area contributed by atoms with E-state index < -0.39 is 6.04 Å². The second-order valence-corrected chi connectivity index (χ2v) is 5.05. The fourth-order valence-electron chi connectivity index (χ4n) is 2.66. The first kappa shape index (κ1) is 13.3. The van der Waals surface area contributed by atoms with Crippen LogP contribution >= 0.6 is 0 Å². The number of hydrogen-bond donors (Lipinski definition) is 1. The highest BCUT2D eigenvalue weighted by Crippen LogP contribution is 2.40. The Balaban J connectivity index is 1.95. The molecule has 1 N–H and O–H groups in total. The summed E-state index contributed by atoms with van der Waals surface area (Å²) in [5, 5.41) is 2.61. The Morgan fingerprint density at radius 2 is 2.28 bits per heavy atom. The van der Waals surface area contributed by atoms with Gasteiger partial charge in [0, 0.05) is 6.61 Å². The van der Waals surface area contributed by atoms with E-state index in [1.54, 1.807) is 6.92 Å². The lowest BCUT2D eigenvalue weighted by Crippen LogP contribution is -2.47.